The molecule has 1 aliphatic heterocycles. The van der Waals surface area contributed by atoms with E-state index < -0.39 is 0 Å². The topological polar surface area (TPSA) is 64.2 Å². The summed E-state index contributed by atoms with van der Waals surface area (Å²) in [6.45, 7) is 7.46. The minimum atomic E-state index is -0.0761. The van der Waals surface area contributed by atoms with Crippen LogP contribution in [0.15, 0.2) is 16.8 Å². The Morgan fingerprint density at radius 3 is 2.82 bits per heavy atom. The third-order valence-electron chi connectivity index (χ3n) is 4.20. The van der Waals surface area contributed by atoms with E-state index in [2.05, 4.69) is 14.7 Å². The molecule has 1 fully saturated rings. The van der Waals surface area contributed by atoms with E-state index in [4.69, 9.17) is 4.52 Å². The van der Waals surface area contributed by atoms with Crippen LogP contribution in [0.2, 0.25) is 0 Å². The van der Waals surface area contributed by atoms with Crippen molar-refractivity contribution in [2.45, 2.75) is 39.0 Å². The molecule has 0 N–H and O–H groups in total. The molecule has 1 saturated heterocycles. The molecule has 0 aromatic carbocycles. The quantitative estimate of drug-likeness (QED) is 0.873. The van der Waals surface area contributed by atoms with Gasteiger partial charge in [0.05, 0.1) is 11.4 Å². The Balaban J connectivity index is 1.71. The predicted molar refractivity (Wildman–Crippen MR) is 81.8 cm³/mol. The van der Waals surface area contributed by atoms with Crippen molar-refractivity contribution in [1.82, 2.24) is 19.6 Å². The van der Waals surface area contributed by atoms with Gasteiger partial charge in [-0.05, 0) is 19.3 Å². The molecule has 0 aliphatic carbocycles. The van der Waals surface area contributed by atoms with E-state index >= 15 is 0 Å². The second kappa shape index (κ2) is 5.59. The lowest BCUT2D eigenvalue weighted by Gasteiger charge is -2.14. The fraction of sp³-hybridized carbons (Fsp3) is 0.562. The highest BCUT2D eigenvalue weighted by Crippen LogP contribution is 2.27. The van der Waals surface area contributed by atoms with Gasteiger partial charge in [-0.15, -0.1) is 0 Å². The zero-order valence-corrected chi connectivity index (χ0v) is 13.5. The molecule has 2 aromatic heterocycles. The maximum atomic E-state index is 12.5. The first-order valence-corrected chi connectivity index (χ1v) is 7.71. The molecule has 1 unspecified atom stereocenters. The average molecular weight is 302 g/mol. The van der Waals surface area contributed by atoms with E-state index in [1.807, 2.05) is 38.9 Å². The van der Waals surface area contributed by atoms with Crippen LogP contribution in [-0.4, -0.2) is 38.6 Å². The highest BCUT2D eigenvalue weighted by atomic mass is 16.5. The number of aromatic nitrogens is 3. The van der Waals surface area contributed by atoms with Crippen molar-refractivity contribution in [3.8, 4) is 0 Å². The van der Waals surface area contributed by atoms with Gasteiger partial charge in [0.2, 0.25) is 5.76 Å². The van der Waals surface area contributed by atoms with Gasteiger partial charge < -0.3 is 14.0 Å². The number of nitrogens with zero attached hydrogens (tertiary/aromatic N) is 4. The van der Waals surface area contributed by atoms with E-state index in [9.17, 15) is 4.79 Å². The summed E-state index contributed by atoms with van der Waals surface area (Å²) in [5, 5.41) is 3.96. The molecule has 0 saturated carbocycles. The number of likely N-dealkylation sites (tertiary alicyclic amines) is 1. The second-order valence-electron chi connectivity index (χ2n) is 6.36. The summed E-state index contributed by atoms with van der Waals surface area (Å²) in [7, 11) is 2.01. The molecule has 22 heavy (non-hydrogen) atoms. The monoisotopic (exact) mass is 302 g/mol. The van der Waals surface area contributed by atoms with E-state index in [0.29, 0.717) is 12.3 Å². The lowest BCUT2D eigenvalue weighted by Crippen LogP contribution is -2.28. The summed E-state index contributed by atoms with van der Waals surface area (Å²) < 4.78 is 7.26. The normalized spacial score (nSPS) is 18.4. The minimum Gasteiger partial charge on any atom is -0.351 e. The van der Waals surface area contributed by atoms with Crippen molar-refractivity contribution < 1.29 is 9.32 Å². The fourth-order valence-corrected chi connectivity index (χ4v) is 2.99. The summed E-state index contributed by atoms with van der Waals surface area (Å²) in [6, 6.07) is 1.76. The van der Waals surface area contributed by atoms with Crippen LogP contribution < -0.4 is 0 Å². The third kappa shape index (κ3) is 2.65. The lowest BCUT2D eigenvalue weighted by atomic mass is 10.1. The molecule has 1 atom stereocenters. The molecule has 2 aromatic rings. The number of hydrogen-bond acceptors (Lipinski definition) is 4. The molecular formula is C16H22N4O2. The van der Waals surface area contributed by atoms with Crippen molar-refractivity contribution in [1.29, 1.82) is 0 Å². The van der Waals surface area contributed by atoms with Crippen molar-refractivity contribution in [3.63, 3.8) is 0 Å². The standard InChI is InChI=1S/C16H22N4O2/c1-10(2)13-7-14(22-18-13)16(21)20-6-5-12(9-20)15-17-11(3)8-19(15)4/h7-8,10,12H,5-6,9H2,1-4H3. The van der Waals surface area contributed by atoms with Crippen LogP contribution >= 0.6 is 0 Å². The van der Waals surface area contributed by atoms with E-state index in [1.165, 1.54) is 0 Å². The third-order valence-corrected chi connectivity index (χ3v) is 4.20. The van der Waals surface area contributed by atoms with Crippen molar-refractivity contribution in [3.05, 3.63) is 35.2 Å². The molecular weight excluding hydrogens is 280 g/mol. The van der Waals surface area contributed by atoms with Crippen LogP contribution in [-0.2, 0) is 7.05 Å². The summed E-state index contributed by atoms with van der Waals surface area (Å²) >= 11 is 0. The van der Waals surface area contributed by atoms with E-state index in [1.54, 1.807) is 6.07 Å². The zero-order valence-electron chi connectivity index (χ0n) is 13.5. The Bertz CT molecular complexity index is 686. The van der Waals surface area contributed by atoms with Crippen LogP contribution in [0.25, 0.3) is 0 Å². The highest BCUT2D eigenvalue weighted by molar-refractivity contribution is 5.91. The van der Waals surface area contributed by atoms with Gasteiger partial charge in [-0.1, -0.05) is 19.0 Å². The molecule has 3 rings (SSSR count). The van der Waals surface area contributed by atoms with E-state index in [0.717, 1.165) is 30.2 Å². The minimum absolute atomic E-state index is 0.0761. The average Bonchev–Trinajstić information content (AvgIpc) is 3.16. The largest absolute Gasteiger partial charge is 0.351 e. The molecule has 6 nitrogen and oxygen atoms in total. The number of hydrogen-bond donors (Lipinski definition) is 0. The van der Waals surface area contributed by atoms with Gasteiger partial charge in [0, 0.05) is 38.3 Å². The maximum absolute atomic E-state index is 12.5. The first kappa shape index (κ1) is 14.8. The van der Waals surface area contributed by atoms with Crippen molar-refractivity contribution in [2.24, 2.45) is 7.05 Å². The number of rotatable bonds is 3. The van der Waals surface area contributed by atoms with Crippen LogP contribution in [0.4, 0.5) is 0 Å². The molecule has 1 amide bonds. The molecule has 3 heterocycles. The summed E-state index contributed by atoms with van der Waals surface area (Å²) in [5.41, 5.74) is 1.83. The SMILES string of the molecule is Cc1cn(C)c(C2CCN(C(=O)c3cc(C(C)C)no3)C2)n1. The van der Waals surface area contributed by atoms with Crippen LogP contribution in [0.1, 0.15) is 59.9 Å². The number of carbonyl (C=O) groups excluding carboxylic acids is 1. The van der Waals surface area contributed by atoms with Gasteiger partial charge >= 0.3 is 0 Å². The van der Waals surface area contributed by atoms with Gasteiger partial charge in [0.1, 0.15) is 5.82 Å². The number of imidazole rings is 1. The highest BCUT2D eigenvalue weighted by Gasteiger charge is 2.32. The molecule has 118 valence electrons. The van der Waals surface area contributed by atoms with Gasteiger partial charge in [-0.2, -0.15) is 0 Å². The van der Waals surface area contributed by atoms with Crippen molar-refractivity contribution in [2.75, 3.05) is 13.1 Å². The number of aryl methyl sites for hydroxylation is 2. The second-order valence-corrected chi connectivity index (χ2v) is 6.36. The smallest absolute Gasteiger partial charge is 0.292 e. The molecule has 0 bridgehead atoms. The van der Waals surface area contributed by atoms with E-state index in [-0.39, 0.29) is 17.7 Å². The molecule has 0 spiro atoms. The van der Waals surface area contributed by atoms with Gasteiger partial charge in [0.15, 0.2) is 0 Å². The van der Waals surface area contributed by atoms with Crippen molar-refractivity contribution >= 4 is 5.91 Å². The van der Waals surface area contributed by atoms with Gasteiger partial charge in [0.25, 0.3) is 5.91 Å². The lowest BCUT2D eigenvalue weighted by molar-refractivity contribution is 0.0748. The maximum Gasteiger partial charge on any atom is 0.292 e. The molecule has 0 radical (unpaired) electrons. The summed E-state index contributed by atoms with van der Waals surface area (Å²) in [6.07, 6.45) is 2.95. The van der Waals surface area contributed by atoms with Crippen LogP contribution in [0, 0.1) is 6.92 Å². The summed E-state index contributed by atoms with van der Waals surface area (Å²) in [4.78, 5) is 18.9. The predicted octanol–water partition coefficient (Wildman–Crippen LogP) is 2.47. The Kier molecular flexibility index (Phi) is 3.76. The molecule has 1 aliphatic rings. The Morgan fingerprint density at radius 1 is 1.45 bits per heavy atom. The Morgan fingerprint density at radius 2 is 2.23 bits per heavy atom. The van der Waals surface area contributed by atoms with Gasteiger partial charge in [-0.25, -0.2) is 4.98 Å². The summed E-state index contributed by atoms with van der Waals surface area (Å²) in [5.74, 6) is 1.85. The van der Waals surface area contributed by atoms with Crippen LogP contribution in [0.3, 0.4) is 0 Å². The first-order valence-electron chi connectivity index (χ1n) is 7.71. The Hall–Kier alpha value is -2.11. The number of carbonyl (C=O) groups is 1. The first-order chi connectivity index (χ1) is 10.5. The molecule has 6 heteroatoms. The Labute approximate surface area is 130 Å². The van der Waals surface area contributed by atoms with Gasteiger partial charge in [-0.3, -0.25) is 4.79 Å². The zero-order chi connectivity index (χ0) is 15.9. The fourth-order valence-electron chi connectivity index (χ4n) is 2.99. The number of amides is 1. The van der Waals surface area contributed by atoms with Crippen LogP contribution in [0.5, 0.6) is 0 Å².